The second kappa shape index (κ2) is 7.21. The molecule has 5 rings (SSSR count). The SMILES string of the molecule is Cc1cnn(C)c1-c1cc(-c2cc(F)cc3[nH]ccc23)nc(N2CCOC[C@H]2C)n1. The molecule has 154 valence electrons. The van der Waals surface area contributed by atoms with Gasteiger partial charge in [0.25, 0.3) is 0 Å². The first kappa shape index (κ1) is 18.7. The third-order valence-electron chi connectivity index (χ3n) is 5.61. The lowest BCUT2D eigenvalue weighted by atomic mass is 10.0. The normalized spacial score (nSPS) is 17.1. The van der Waals surface area contributed by atoms with Crippen LogP contribution >= 0.6 is 0 Å². The van der Waals surface area contributed by atoms with Crippen molar-refractivity contribution in [3.63, 3.8) is 0 Å². The zero-order valence-corrected chi connectivity index (χ0v) is 17.2. The lowest BCUT2D eigenvalue weighted by Crippen LogP contribution is -2.44. The molecule has 0 bridgehead atoms. The maximum Gasteiger partial charge on any atom is 0.226 e. The monoisotopic (exact) mass is 406 g/mol. The molecule has 1 atom stereocenters. The first-order chi connectivity index (χ1) is 14.5. The van der Waals surface area contributed by atoms with Crippen LogP contribution in [-0.2, 0) is 11.8 Å². The number of fused-ring (bicyclic) bond motifs is 1. The molecule has 8 heteroatoms. The molecule has 1 aromatic carbocycles. The summed E-state index contributed by atoms with van der Waals surface area (Å²) in [6, 6.07) is 7.04. The Morgan fingerprint density at radius 2 is 2.03 bits per heavy atom. The summed E-state index contributed by atoms with van der Waals surface area (Å²) in [7, 11) is 1.90. The molecule has 0 aliphatic carbocycles. The number of halogens is 1. The Morgan fingerprint density at radius 1 is 1.20 bits per heavy atom. The van der Waals surface area contributed by atoms with Crippen molar-refractivity contribution in [1.82, 2.24) is 24.7 Å². The number of hydrogen-bond acceptors (Lipinski definition) is 5. The van der Waals surface area contributed by atoms with E-state index in [2.05, 4.69) is 21.9 Å². The lowest BCUT2D eigenvalue weighted by Gasteiger charge is -2.33. The number of nitrogens with one attached hydrogen (secondary N) is 1. The van der Waals surface area contributed by atoms with Gasteiger partial charge in [-0.1, -0.05) is 0 Å². The standard InChI is InChI=1S/C22H23FN6O/c1-13-11-25-28(3)21(13)20-10-19(17-8-15(23)9-18-16(17)4-5-24-18)26-22(27-20)29-6-7-30-12-14(29)2/h4-5,8-11,14,24H,6-7,12H2,1-3H3/t14-/m1/s1. The van der Waals surface area contributed by atoms with Crippen LogP contribution < -0.4 is 4.90 Å². The van der Waals surface area contributed by atoms with Gasteiger partial charge in [0.1, 0.15) is 5.82 Å². The summed E-state index contributed by atoms with van der Waals surface area (Å²) in [6.45, 7) is 6.05. The van der Waals surface area contributed by atoms with Gasteiger partial charge in [0.05, 0.1) is 42.5 Å². The molecule has 4 aromatic rings. The average Bonchev–Trinajstić information content (AvgIpc) is 3.33. The van der Waals surface area contributed by atoms with Crippen molar-refractivity contribution in [2.75, 3.05) is 24.7 Å². The number of H-pyrrole nitrogens is 1. The van der Waals surface area contributed by atoms with Gasteiger partial charge < -0.3 is 14.6 Å². The molecule has 0 amide bonds. The molecule has 1 saturated heterocycles. The second-order valence-electron chi connectivity index (χ2n) is 7.75. The van der Waals surface area contributed by atoms with E-state index in [0.29, 0.717) is 31.4 Å². The fourth-order valence-electron chi connectivity index (χ4n) is 4.11. The van der Waals surface area contributed by atoms with Gasteiger partial charge in [-0.3, -0.25) is 4.68 Å². The molecule has 0 saturated carbocycles. The molecule has 0 radical (unpaired) electrons. The van der Waals surface area contributed by atoms with E-state index >= 15 is 0 Å². The number of benzene rings is 1. The number of aromatic amines is 1. The molecule has 1 aliphatic heterocycles. The highest BCUT2D eigenvalue weighted by Crippen LogP contribution is 2.33. The third kappa shape index (κ3) is 3.13. The summed E-state index contributed by atoms with van der Waals surface area (Å²) in [6.07, 6.45) is 3.63. The summed E-state index contributed by atoms with van der Waals surface area (Å²) >= 11 is 0. The van der Waals surface area contributed by atoms with Crippen molar-refractivity contribution in [3.8, 4) is 22.6 Å². The smallest absolute Gasteiger partial charge is 0.226 e. The van der Waals surface area contributed by atoms with Crippen molar-refractivity contribution >= 4 is 16.9 Å². The summed E-state index contributed by atoms with van der Waals surface area (Å²) in [4.78, 5) is 15.0. The summed E-state index contributed by atoms with van der Waals surface area (Å²) < 4.78 is 21.8. The molecule has 1 fully saturated rings. The number of rotatable bonds is 3. The number of ether oxygens (including phenoxy) is 1. The van der Waals surface area contributed by atoms with E-state index in [1.807, 2.05) is 43.2 Å². The number of morpholine rings is 1. The van der Waals surface area contributed by atoms with Crippen molar-refractivity contribution in [2.45, 2.75) is 19.9 Å². The van der Waals surface area contributed by atoms with E-state index in [0.717, 1.165) is 33.4 Å². The minimum Gasteiger partial charge on any atom is -0.377 e. The van der Waals surface area contributed by atoms with Crippen LogP contribution in [0.25, 0.3) is 33.5 Å². The van der Waals surface area contributed by atoms with Gasteiger partial charge in [0.2, 0.25) is 5.95 Å². The molecule has 4 heterocycles. The van der Waals surface area contributed by atoms with Crippen LogP contribution in [0.15, 0.2) is 36.7 Å². The van der Waals surface area contributed by atoms with Gasteiger partial charge in [-0.25, -0.2) is 14.4 Å². The highest BCUT2D eigenvalue weighted by molar-refractivity contribution is 5.94. The molecule has 1 aliphatic rings. The van der Waals surface area contributed by atoms with Crippen LogP contribution in [0.2, 0.25) is 0 Å². The molecule has 0 unspecified atom stereocenters. The average molecular weight is 406 g/mol. The van der Waals surface area contributed by atoms with E-state index in [-0.39, 0.29) is 11.9 Å². The Balaban J connectivity index is 1.75. The van der Waals surface area contributed by atoms with Gasteiger partial charge in [-0.2, -0.15) is 5.10 Å². The zero-order chi connectivity index (χ0) is 20.8. The van der Waals surface area contributed by atoms with Gasteiger partial charge in [-0.05, 0) is 43.7 Å². The van der Waals surface area contributed by atoms with Gasteiger partial charge >= 0.3 is 0 Å². The van der Waals surface area contributed by atoms with Gasteiger partial charge in [0.15, 0.2) is 0 Å². The van der Waals surface area contributed by atoms with Crippen molar-refractivity contribution < 1.29 is 9.13 Å². The molecule has 7 nitrogen and oxygen atoms in total. The molecular formula is C22H23FN6O. The highest BCUT2D eigenvalue weighted by Gasteiger charge is 2.24. The largest absolute Gasteiger partial charge is 0.377 e. The zero-order valence-electron chi connectivity index (χ0n) is 17.2. The fraction of sp³-hybridized carbons (Fsp3) is 0.318. The van der Waals surface area contributed by atoms with E-state index < -0.39 is 0 Å². The van der Waals surface area contributed by atoms with Crippen LogP contribution in [0, 0.1) is 12.7 Å². The summed E-state index contributed by atoms with van der Waals surface area (Å²) in [5, 5.41) is 5.29. The van der Waals surface area contributed by atoms with Gasteiger partial charge in [0, 0.05) is 36.3 Å². The molecule has 30 heavy (non-hydrogen) atoms. The number of aryl methyl sites for hydroxylation is 2. The first-order valence-electron chi connectivity index (χ1n) is 10.0. The van der Waals surface area contributed by atoms with E-state index in [1.165, 1.54) is 12.1 Å². The van der Waals surface area contributed by atoms with Crippen LogP contribution in [-0.4, -0.2) is 50.5 Å². The third-order valence-corrected chi connectivity index (χ3v) is 5.61. The van der Waals surface area contributed by atoms with Crippen LogP contribution in [0.4, 0.5) is 10.3 Å². The second-order valence-corrected chi connectivity index (χ2v) is 7.75. The van der Waals surface area contributed by atoms with Crippen molar-refractivity contribution in [3.05, 3.63) is 48.0 Å². The molecule has 0 spiro atoms. The van der Waals surface area contributed by atoms with Crippen LogP contribution in [0.5, 0.6) is 0 Å². The summed E-state index contributed by atoms with van der Waals surface area (Å²) in [5.74, 6) is 0.310. The van der Waals surface area contributed by atoms with Crippen molar-refractivity contribution in [2.24, 2.45) is 7.05 Å². The van der Waals surface area contributed by atoms with Crippen LogP contribution in [0.3, 0.4) is 0 Å². The van der Waals surface area contributed by atoms with E-state index in [4.69, 9.17) is 14.7 Å². The maximum absolute atomic E-state index is 14.4. The molecular weight excluding hydrogens is 383 g/mol. The lowest BCUT2D eigenvalue weighted by molar-refractivity contribution is 0.0981. The van der Waals surface area contributed by atoms with E-state index in [1.54, 1.807) is 0 Å². The van der Waals surface area contributed by atoms with Crippen LogP contribution in [0.1, 0.15) is 12.5 Å². The highest BCUT2D eigenvalue weighted by atomic mass is 19.1. The minimum atomic E-state index is -0.307. The topological polar surface area (TPSA) is 71.9 Å². The number of anilines is 1. The number of hydrogen-bond donors (Lipinski definition) is 1. The first-order valence-corrected chi connectivity index (χ1v) is 10.0. The Morgan fingerprint density at radius 3 is 2.80 bits per heavy atom. The number of aromatic nitrogens is 5. The Bertz CT molecular complexity index is 1210. The Labute approximate surface area is 173 Å². The molecule has 1 N–H and O–H groups in total. The molecule has 3 aromatic heterocycles. The minimum absolute atomic E-state index is 0.147. The fourth-order valence-corrected chi connectivity index (χ4v) is 4.11. The Hall–Kier alpha value is -3.26. The van der Waals surface area contributed by atoms with Crippen molar-refractivity contribution in [1.29, 1.82) is 0 Å². The maximum atomic E-state index is 14.4. The number of nitrogens with zero attached hydrogens (tertiary/aromatic N) is 5. The predicted octanol–water partition coefficient (Wildman–Crippen LogP) is 3.70. The van der Waals surface area contributed by atoms with Gasteiger partial charge in [-0.15, -0.1) is 0 Å². The summed E-state index contributed by atoms with van der Waals surface area (Å²) in [5.41, 5.74) is 4.86. The van der Waals surface area contributed by atoms with E-state index in [9.17, 15) is 4.39 Å². The Kier molecular flexibility index (Phi) is 4.51. The predicted molar refractivity (Wildman–Crippen MR) is 114 cm³/mol. The quantitative estimate of drug-likeness (QED) is 0.562.